The molecule has 0 saturated carbocycles. The van der Waals surface area contributed by atoms with Crippen LogP contribution in [-0.4, -0.2) is 42.5 Å². The van der Waals surface area contributed by atoms with Gasteiger partial charge in [0.15, 0.2) is 5.96 Å². The van der Waals surface area contributed by atoms with Crippen molar-refractivity contribution in [3.05, 3.63) is 82.3 Å². The number of hydrogen-bond donors (Lipinski definition) is 2. The van der Waals surface area contributed by atoms with E-state index >= 15 is 0 Å². The number of ether oxygens (including phenoxy) is 1. The molecule has 1 atom stereocenters. The van der Waals surface area contributed by atoms with Gasteiger partial charge in [-0.3, -0.25) is 14.9 Å². The van der Waals surface area contributed by atoms with E-state index in [-0.39, 0.29) is 24.0 Å². The van der Waals surface area contributed by atoms with Crippen molar-refractivity contribution in [3.8, 4) is 5.75 Å². The standard InChI is InChI=1S/C25H31N5OS.HI/c1-26-25(29-18-23(24-11-7-15-32-24)30-13-4-5-14-30)28-17-20-8-6-10-22(16-20)31-19-21-9-2-3-12-27-21;/h2-3,6-12,15-16,23H,4-5,13-14,17-19H2,1H3,(H2,26,28,29);1H. The molecule has 1 aromatic carbocycles. The molecule has 0 amide bonds. The average molecular weight is 578 g/mol. The number of pyridine rings is 1. The molecular formula is C25H32IN5OS. The molecule has 0 spiro atoms. The monoisotopic (exact) mass is 577 g/mol. The lowest BCUT2D eigenvalue weighted by Gasteiger charge is -2.27. The first-order valence-electron chi connectivity index (χ1n) is 11.2. The Morgan fingerprint density at radius 3 is 2.73 bits per heavy atom. The number of likely N-dealkylation sites (tertiary alicyclic amines) is 1. The lowest BCUT2D eigenvalue weighted by Crippen LogP contribution is -2.42. The molecule has 1 aliphatic heterocycles. The number of aromatic nitrogens is 1. The predicted molar refractivity (Wildman–Crippen MR) is 146 cm³/mol. The number of benzene rings is 1. The summed E-state index contributed by atoms with van der Waals surface area (Å²) in [6, 6.07) is 18.7. The van der Waals surface area contributed by atoms with Crippen molar-refractivity contribution in [1.29, 1.82) is 0 Å². The minimum absolute atomic E-state index is 0. The van der Waals surface area contributed by atoms with E-state index in [0.717, 1.165) is 29.5 Å². The fourth-order valence-electron chi connectivity index (χ4n) is 3.93. The molecule has 1 fully saturated rings. The van der Waals surface area contributed by atoms with Gasteiger partial charge in [-0.1, -0.05) is 24.3 Å². The zero-order valence-corrected chi connectivity index (χ0v) is 22.1. The van der Waals surface area contributed by atoms with Crippen LogP contribution in [0.15, 0.2) is 71.2 Å². The quantitative estimate of drug-likeness (QED) is 0.217. The number of thiophene rings is 1. The minimum Gasteiger partial charge on any atom is -0.487 e. The van der Waals surface area contributed by atoms with E-state index in [0.29, 0.717) is 19.2 Å². The Hall–Kier alpha value is -2.17. The first kappa shape index (κ1) is 25.5. The number of nitrogens with one attached hydrogen (secondary N) is 2. The summed E-state index contributed by atoms with van der Waals surface area (Å²) < 4.78 is 5.90. The van der Waals surface area contributed by atoms with Gasteiger partial charge in [0, 0.05) is 31.2 Å². The van der Waals surface area contributed by atoms with E-state index in [1.807, 2.05) is 48.7 Å². The SMILES string of the molecule is CN=C(NCc1cccc(OCc2ccccn2)c1)NCC(c1cccs1)N1CCCC1.I. The highest BCUT2D eigenvalue weighted by atomic mass is 127. The number of rotatable bonds is 9. The van der Waals surface area contributed by atoms with E-state index in [1.165, 1.54) is 30.8 Å². The number of guanidine groups is 1. The molecule has 1 aliphatic rings. The lowest BCUT2D eigenvalue weighted by molar-refractivity contribution is 0.249. The highest BCUT2D eigenvalue weighted by Crippen LogP contribution is 2.27. The largest absolute Gasteiger partial charge is 0.487 e. The molecule has 1 saturated heterocycles. The molecule has 0 bridgehead atoms. The second-order valence-electron chi connectivity index (χ2n) is 7.84. The predicted octanol–water partition coefficient (Wildman–Crippen LogP) is 4.84. The maximum atomic E-state index is 5.90. The van der Waals surface area contributed by atoms with E-state index in [2.05, 4.69) is 55.2 Å². The fraction of sp³-hybridized carbons (Fsp3) is 0.360. The Kier molecular flexibility index (Phi) is 10.4. The minimum atomic E-state index is 0. The van der Waals surface area contributed by atoms with Gasteiger partial charge in [0.05, 0.1) is 11.7 Å². The summed E-state index contributed by atoms with van der Waals surface area (Å²) in [5.41, 5.74) is 2.06. The molecule has 0 radical (unpaired) electrons. The van der Waals surface area contributed by atoms with Crippen LogP contribution in [0.3, 0.4) is 0 Å². The Bertz CT molecular complexity index is 977. The normalized spacial score (nSPS) is 15.0. The third-order valence-corrected chi connectivity index (χ3v) is 6.58. The molecule has 33 heavy (non-hydrogen) atoms. The van der Waals surface area contributed by atoms with Crippen molar-refractivity contribution in [2.75, 3.05) is 26.7 Å². The fourth-order valence-corrected chi connectivity index (χ4v) is 4.79. The Balaban J connectivity index is 0.00000306. The van der Waals surface area contributed by atoms with E-state index < -0.39 is 0 Å². The molecule has 176 valence electrons. The zero-order chi connectivity index (χ0) is 22.0. The molecular weight excluding hydrogens is 545 g/mol. The van der Waals surface area contributed by atoms with Gasteiger partial charge in [-0.2, -0.15) is 0 Å². The summed E-state index contributed by atoms with van der Waals surface area (Å²) in [5, 5.41) is 9.13. The third kappa shape index (κ3) is 7.68. The van der Waals surface area contributed by atoms with Crippen molar-refractivity contribution < 1.29 is 4.74 Å². The lowest BCUT2D eigenvalue weighted by atomic mass is 10.2. The van der Waals surface area contributed by atoms with Crippen molar-refractivity contribution in [2.24, 2.45) is 4.99 Å². The summed E-state index contributed by atoms with van der Waals surface area (Å²) in [5.74, 6) is 1.65. The molecule has 4 rings (SSSR count). The van der Waals surface area contributed by atoms with Gasteiger partial charge < -0.3 is 15.4 Å². The number of nitrogens with zero attached hydrogens (tertiary/aromatic N) is 3. The molecule has 2 N–H and O–H groups in total. The number of halogens is 1. The van der Waals surface area contributed by atoms with Gasteiger partial charge in [-0.05, 0) is 67.2 Å². The van der Waals surface area contributed by atoms with Crippen LogP contribution in [0.5, 0.6) is 5.75 Å². The van der Waals surface area contributed by atoms with Gasteiger partial charge in [0.25, 0.3) is 0 Å². The molecule has 6 nitrogen and oxygen atoms in total. The van der Waals surface area contributed by atoms with Crippen LogP contribution in [0.1, 0.15) is 35.0 Å². The second-order valence-corrected chi connectivity index (χ2v) is 8.82. The van der Waals surface area contributed by atoms with Gasteiger partial charge >= 0.3 is 0 Å². The van der Waals surface area contributed by atoms with Crippen molar-refractivity contribution in [2.45, 2.75) is 32.0 Å². The second kappa shape index (κ2) is 13.5. The van der Waals surface area contributed by atoms with E-state index in [9.17, 15) is 0 Å². The first-order chi connectivity index (χ1) is 15.8. The smallest absolute Gasteiger partial charge is 0.191 e. The van der Waals surface area contributed by atoms with Gasteiger partial charge in [-0.25, -0.2) is 0 Å². The van der Waals surface area contributed by atoms with Crippen LogP contribution in [0, 0.1) is 0 Å². The van der Waals surface area contributed by atoms with E-state index in [1.54, 1.807) is 6.20 Å². The molecule has 2 aromatic heterocycles. The molecule has 3 aromatic rings. The highest BCUT2D eigenvalue weighted by Gasteiger charge is 2.24. The summed E-state index contributed by atoms with van der Waals surface area (Å²) in [6.45, 7) is 4.31. The summed E-state index contributed by atoms with van der Waals surface area (Å²) in [6.07, 6.45) is 4.35. The Morgan fingerprint density at radius 1 is 1.12 bits per heavy atom. The summed E-state index contributed by atoms with van der Waals surface area (Å²) in [4.78, 5) is 12.7. The highest BCUT2D eigenvalue weighted by molar-refractivity contribution is 14.0. The van der Waals surface area contributed by atoms with Crippen LogP contribution in [0.25, 0.3) is 0 Å². The summed E-state index contributed by atoms with van der Waals surface area (Å²) in [7, 11) is 1.82. The van der Waals surface area contributed by atoms with Crippen molar-refractivity contribution in [1.82, 2.24) is 20.5 Å². The maximum absolute atomic E-state index is 5.90. The van der Waals surface area contributed by atoms with Crippen LogP contribution < -0.4 is 15.4 Å². The number of hydrogen-bond acceptors (Lipinski definition) is 5. The molecule has 1 unspecified atom stereocenters. The van der Waals surface area contributed by atoms with Gasteiger partial charge in [-0.15, -0.1) is 35.3 Å². The number of aliphatic imine (C=N–C) groups is 1. The topological polar surface area (TPSA) is 61.8 Å². The first-order valence-corrected chi connectivity index (χ1v) is 12.0. The molecule has 8 heteroatoms. The maximum Gasteiger partial charge on any atom is 0.191 e. The Labute approximate surface area is 217 Å². The van der Waals surface area contributed by atoms with E-state index in [4.69, 9.17) is 4.74 Å². The molecule has 0 aliphatic carbocycles. The summed E-state index contributed by atoms with van der Waals surface area (Å²) >= 11 is 1.83. The van der Waals surface area contributed by atoms with Crippen molar-refractivity contribution >= 4 is 41.3 Å². The van der Waals surface area contributed by atoms with Gasteiger partial charge in [0.1, 0.15) is 12.4 Å². The van der Waals surface area contributed by atoms with Crippen molar-refractivity contribution in [3.63, 3.8) is 0 Å². The Morgan fingerprint density at radius 2 is 2.00 bits per heavy atom. The van der Waals surface area contributed by atoms with Crippen LogP contribution in [0.4, 0.5) is 0 Å². The van der Waals surface area contributed by atoms with Crippen LogP contribution >= 0.6 is 35.3 Å². The van der Waals surface area contributed by atoms with Gasteiger partial charge in [0.2, 0.25) is 0 Å². The van der Waals surface area contributed by atoms with Crippen LogP contribution in [0.2, 0.25) is 0 Å². The zero-order valence-electron chi connectivity index (χ0n) is 18.9. The van der Waals surface area contributed by atoms with Crippen LogP contribution in [-0.2, 0) is 13.2 Å². The average Bonchev–Trinajstić information content (AvgIpc) is 3.56. The molecule has 3 heterocycles. The third-order valence-electron chi connectivity index (χ3n) is 5.61.